The Bertz CT molecular complexity index is 871. The van der Waals surface area contributed by atoms with Crippen LogP contribution in [0.15, 0.2) is 53.1 Å². The summed E-state index contributed by atoms with van der Waals surface area (Å²) >= 11 is 2.25. The molecule has 0 saturated carbocycles. The van der Waals surface area contributed by atoms with E-state index in [0.717, 1.165) is 14.8 Å². The first-order valence-corrected chi connectivity index (χ1v) is 9.57. The fraction of sp³-hybridized carbons (Fsp3) is 0.250. The van der Waals surface area contributed by atoms with Gasteiger partial charge in [0.1, 0.15) is 0 Å². The van der Waals surface area contributed by atoms with Crippen LogP contribution in [0.25, 0.3) is 11.4 Å². The molecule has 1 N–H and O–H groups in total. The second-order valence-corrected chi connectivity index (χ2v) is 7.59. The molecule has 1 heterocycles. The molecule has 0 spiro atoms. The molecule has 1 amide bonds. The Morgan fingerprint density at radius 2 is 1.81 bits per heavy atom. The first-order chi connectivity index (χ1) is 12.5. The number of aromatic nitrogens is 2. The number of aryl methyl sites for hydroxylation is 1. The molecule has 0 radical (unpaired) electrons. The Balaban J connectivity index is 1.54. The molecule has 0 unspecified atom stereocenters. The number of amides is 1. The van der Waals surface area contributed by atoms with Crippen LogP contribution in [0.1, 0.15) is 37.6 Å². The van der Waals surface area contributed by atoms with Crippen molar-refractivity contribution >= 4 is 34.2 Å². The van der Waals surface area contributed by atoms with Crippen molar-refractivity contribution in [3.63, 3.8) is 0 Å². The maximum Gasteiger partial charge on any atom is 0.227 e. The first kappa shape index (κ1) is 18.6. The van der Waals surface area contributed by atoms with Gasteiger partial charge in [-0.15, -0.1) is 0 Å². The lowest BCUT2D eigenvalue weighted by molar-refractivity contribution is -0.116. The fourth-order valence-corrected chi connectivity index (χ4v) is 2.83. The van der Waals surface area contributed by atoms with Crippen molar-refractivity contribution in [2.24, 2.45) is 0 Å². The van der Waals surface area contributed by atoms with Gasteiger partial charge in [0.25, 0.3) is 0 Å². The van der Waals surface area contributed by atoms with Crippen molar-refractivity contribution in [3.05, 3.63) is 63.6 Å². The Morgan fingerprint density at radius 3 is 2.46 bits per heavy atom. The molecule has 3 aromatic rings. The van der Waals surface area contributed by atoms with Gasteiger partial charge in [-0.2, -0.15) is 4.98 Å². The van der Waals surface area contributed by atoms with Gasteiger partial charge in [0.05, 0.1) is 0 Å². The average Bonchev–Trinajstić information content (AvgIpc) is 3.10. The van der Waals surface area contributed by atoms with Crippen LogP contribution < -0.4 is 5.32 Å². The summed E-state index contributed by atoms with van der Waals surface area (Å²) < 4.78 is 6.40. The molecule has 3 rings (SSSR count). The lowest BCUT2D eigenvalue weighted by atomic mass is 10.0. The topological polar surface area (TPSA) is 68.0 Å². The van der Waals surface area contributed by atoms with E-state index in [2.05, 4.69) is 51.9 Å². The van der Waals surface area contributed by atoms with Crippen molar-refractivity contribution in [2.75, 3.05) is 5.32 Å². The van der Waals surface area contributed by atoms with Crippen LogP contribution in [0.2, 0.25) is 0 Å². The monoisotopic (exact) mass is 461 g/mol. The molecule has 0 saturated heterocycles. The third-order valence-corrected chi connectivity index (χ3v) is 4.72. The lowest BCUT2D eigenvalue weighted by Crippen LogP contribution is -2.12. The van der Waals surface area contributed by atoms with E-state index in [1.54, 1.807) is 0 Å². The summed E-state index contributed by atoms with van der Waals surface area (Å²) in [5.74, 6) is 1.40. The molecule has 0 aliphatic rings. The highest BCUT2D eigenvalue weighted by atomic mass is 127. The largest absolute Gasteiger partial charge is 0.339 e. The summed E-state index contributed by atoms with van der Waals surface area (Å²) in [4.78, 5) is 16.5. The highest BCUT2D eigenvalue weighted by molar-refractivity contribution is 14.1. The normalized spacial score (nSPS) is 10.9. The van der Waals surface area contributed by atoms with Crippen LogP contribution in [-0.4, -0.2) is 16.0 Å². The third-order valence-electron chi connectivity index (χ3n) is 4.00. The standard InChI is InChI=1S/C20H20IN3O2/c1-13(2)14-5-9-17(10-6-14)22-18(25)11-12-19-23-20(24-26-19)15-3-7-16(21)8-4-15/h3-10,13H,11-12H2,1-2H3,(H,22,25). The number of hydrogen-bond acceptors (Lipinski definition) is 4. The zero-order chi connectivity index (χ0) is 18.5. The Morgan fingerprint density at radius 1 is 1.12 bits per heavy atom. The number of nitrogens with one attached hydrogen (secondary N) is 1. The van der Waals surface area contributed by atoms with E-state index < -0.39 is 0 Å². The van der Waals surface area contributed by atoms with Crippen LogP contribution in [0, 0.1) is 3.57 Å². The van der Waals surface area contributed by atoms with Gasteiger partial charge in [-0.05, 0) is 58.3 Å². The molecule has 0 aliphatic carbocycles. The number of hydrogen-bond donors (Lipinski definition) is 1. The molecule has 5 nitrogen and oxygen atoms in total. The smallest absolute Gasteiger partial charge is 0.227 e. The zero-order valence-electron chi connectivity index (χ0n) is 14.7. The molecule has 26 heavy (non-hydrogen) atoms. The van der Waals surface area contributed by atoms with Gasteiger partial charge in [0.15, 0.2) is 0 Å². The highest BCUT2D eigenvalue weighted by Crippen LogP contribution is 2.19. The summed E-state index contributed by atoms with van der Waals surface area (Å²) in [6.07, 6.45) is 0.702. The van der Waals surface area contributed by atoms with E-state index in [0.29, 0.717) is 30.5 Å². The molecule has 0 aliphatic heterocycles. The molecule has 134 valence electrons. The molecule has 2 aromatic carbocycles. The van der Waals surface area contributed by atoms with Gasteiger partial charge in [-0.3, -0.25) is 4.79 Å². The van der Waals surface area contributed by atoms with Crippen molar-refractivity contribution in [1.29, 1.82) is 0 Å². The third kappa shape index (κ3) is 4.91. The van der Waals surface area contributed by atoms with Crippen LogP contribution in [-0.2, 0) is 11.2 Å². The molecule has 0 bridgehead atoms. The first-order valence-electron chi connectivity index (χ1n) is 8.49. The summed E-state index contributed by atoms with van der Waals surface area (Å²) in [5.41, 5.74) is 2.94. The van der Waals surface area contributed by atoms with Gasteiger partial charge in [-0.1, -0.05) is 43.3 Å². The minimum absolute atomic E-state index is 0.0729. The maximum atomic E-state index is 12.1. The molecular formula is C20H20IN3O2. The van der Waals surface area contributed by atoms with Crippen molar-refractivity contribution < 1.29 is 9.32 Å². The van der Waals surface area contributed by atoms with Crippen molar-refractivity contribution in [3.8, 4) is 11.4 Å². The van der Waals surface area contributed by atoms with Gasteiger partial charge in [0, 0.05) is 27.7 Å². The molecule has 1 aromatic heterocycles. The van der Waals surface area contributed by atoms with Crippen LogP contribution >= 0.6 is 22.6 Å². The number of carbonyl (C=O) groups is 1. The summed E-state index contributed by atoms with van der Waals surface area (Å²) in [5, 5.41) is 6.88. The number of benzene rings is 2. The van der Waals surface area contributed by atoms with Gasteiger partial charge < -0.3 is 9.84 Å². The molecule has 0 atom stereocenters. The fourth-order valence-electron chi connectivity index (χ4n) is 2.47. The van der Waals surface area contributed by atoms with E-state index in [-0.39, 0.29) is 5.91 Å². The number of nitrogens with zero attached hydrogens (tertiary/aromatic N) is 2. The zero-order valence-corrected chi connectivity index (χ0v) is 16.9. The quantitative estimate of drug-likeness (QED) is 0.523. The number of halogens is 1. The van der Waals surface area contributed by atoms with Crippen molar-refractivity contribution in [1.82, 2.24) is 10.1 Å². The molecular weight excluding hydrogens is 441 g/mol. The predicted molar refractivity (Wildman–Crippen MR) is 110 cm³/mol. The average molecular weight is 461 g/mol. The predicted octanol–water partition coefficient (Wildman–Crippen LogP) is 5.04. The highest BCUT2D eigenvalue weighted by Gasteiger charge is 2.11. The SMILES string of the molecule is CC(C)c1ccc(NC(=O)CCc2nc(-c3ccc(I)cc3)no2)cc1. The maximum absolute atomic E-state index is 12.1. The van der Waals surface area contributed by atoms with Crippen LogP contribution in [0.5, 0.6) is 0 Å². The minimum Gasteiger partial charge on any atom is -0.339 e. The van der Waals surface area contributed by atoms with E-state index >= 15 is 0 Å². The van der Waals surface area contributed by atoms with Crippen LogP contribution in [0.3, 0.4) is 0 Å². The van der Waals surface area contributed by atoms with E-state index in [9.17, 15) is 4.79 Å². The van der Waals surface area contributed by atoms with Crippen molar-refractivity contribution in [2.45, 2.75) is 32.6 Å². The van der Waals surface area contributed by atoms with E-state index in [4.69, 9.17) is 4.52 Å². The van der Waals surface area contributed by atoms with Crippen LogP contribution in [0.4, 0.5) is 5.69 Å². The summed E-state index contributed by atoms with van der Waals surface area (Å²) in [6, 6.07) is 15.8. The van der Waals surface area contributed by atoms with Gasteiger partial charge in [0.2, 0.25) is 17.6 Å². The number of carbonyl (C=O) groups excluding carboxylic acids is 1. The van der Waals surface area contributed by atoms with E-state index in [1.165, 1.54) is 5.56 Å². The number of anilines is 1. The second kappa shape index (κ2) is 8.44. The summed E-state index contributed by atoms with van der Waals surface area (Å²) in [7, 11) is 0. The van der Waals surface area contributed by atoms with E-state index in [1.807, 2.05) is 48.5 Å². The van der Waals surface area contributed by atoms with Gasteiger partial charge >= 0.3 is 0 Å². The number of rotatable bonds is 6. The lowest BCUT2D eigenvalue weighted by Gasteiger charge is -2.08. The second-order valence-electron chi connectivity index (χ2n) is 6.34. The molecule has 0 fully saturated rings. The minimum atomic E-state index is -0.0729. The Kier molecular flexibility index (Phi) is 6.03. The molecule has 6 heteroatoms. The Labute approximate surface area is 166 Å². The summed E-state index contributed by atoms with van der Waals surface area (Å²) in [6.45, 7) is 4.28. The Hall–Kier alpha value is -2.22. The van der Waals surface area contributed by atoms with Gasteiger partial charge in [-0.25, -0.2) is 0 Å².